The summed E-state index contributed by atoms with van der Waals surface area (Å²) in [5, 5.41) is 7.73. The number of anilines is 3. The van der Waals surface area contributed by atoms with Gasteiger partial charge in [0.1, 0.15) is 5.00 Å². The highest BCUT2D eigenvalue weighted by Gasteiger charge is 2.15. The Labute approximate surface area is 129 Å². The molecule has 0 aliphatic heterocycles. The number of carbonyl (C=O) groups is 1. The third kappa shape index (κ3) is 4.29. The van der Waals surface area contributed by atoms with E-state index in [0.29, 0.717) is 0 Å². The third-order valence-corrected chi connectivity index (χ3v) is 4.24. The van der Waals surface area contributed by atoms with Crippen molar-refractivity contribution in [2.24, 2.45) is 5.92 Å². The van der Waals surface area contributed by atoms with Crippen molar-refractivity contribution >= 4 is 33.1 Å². The van der Waals surface area contributed by atoms with E-state index in [1.54, 1.807) is 6.20 Å². The molecule has 2 rings (SSSR count). The van der Waals surface area contributed by atoms with E-state index in [0.717, 1.165) is 28.7 Å². The predicted octanol–water partition coefficient (Wildman–Crippen LogP) is 4.57. The minimum atomic E-state index is 0.0700. The molecule has 0 radical (unpaired) electrons. The first-order valence-corrected chi connectivity index (χ1v) is 8.04. The normalized spacial score (nSPS) is 10.7. The van der Waals surface area contributed by atoms with Crippen LogP contribution in [-0.2, 0) is 4.79 Å². The molecule has 0 bridgehead atoms. The lowest BCUT2D eigenvalue weighted by atomic mass is 10.0. The van der Waals surface area contributed by atoms with E-state index >= 15 is 0 Å². The summed E-state index contributed by atoms with van der Waals surface area (Å²) in [4.78, 5) is 16.3. The van der Waals surface area contributed by atoms with Crippen LogP contribution in [0.25, 0.3) is 0 Å². The van der Waals surface area contributed by atoms with Gasteiger partial charge in [0.05, 0.1) is 6.20 Å². The SMILES string of the molecule is CCC(CC)C(=O)Nc1cnc(Nc2ccc(C)cc2)s1. The molecule has 0 fully saturated rings. The summed E-state index contributed by atoms with van der Waals surface area (Å²) in [7, 11) is 0. The summed E-state index contributed by atoms with van der Waals surface area (Å²) in [6.07, 6.45) is 3.41. The van der Waals surface area contributed by atoms with Crippen LogP contribution < -0.4 is 10.6 Å². The lowest BCUT2D eigenvalue weighted by molar-refractivity contribution is -0.120. The molecule has 0 atom stereocenters. The van der Waals surface area contributed by atoms with Crippen molar-refractivity contribution in [3.63, 3.8) is 0 Å². The van der Waals surface area contributed by atoms with E-state index < -0.39 is 0 Å². The Morgan fingerprint density at radius 1 is 1.24 bits per heavy atom. The standard InChI is InChI=1S/C16H21N3OS/c1-4-12(5-2)15(20)19-14-10-17-16(21-14)18-13-8-6-11(3)7-9-13/h6-10,12H,4-5H2,1-3H3,(H,17,18)(H,19,20). The van der Waals surface area contributed by atoms with Crippen molar-refractivity contribution in [3.8, 4) is 0 Å². The van der Waals surface area contributed by atoms with Gasteiger partial charge in [0, 0.05) is 11.6 Å². The summed E-state index contributed by atoms with van der Waals surface area (Å²) in [6.45, 7) is 6.12. The minimum Gasteiger partial charge on any atom is -0.331 e. The third-order valence-electron chi connectivity index (χ3n) is 3.41. The van der Waals surface area contributed by atoms with Crippen molar-refractivity contribution in [2.75, 3.05) is 10.6 Å². The fraction of sp³-hybridized carbons (Fsp3) is 0.375. The number of thiazole rings is 1. The van der Waals surface area contributed by atoms with Gasteiger partial charge in [-0.3, -0.25) is 4.79 Å². The summed E-state index contributed by atoms with van der Waals surface area (Å²) in [6, 6.07) is 8.12. The number of nitrogens with zero attached hydrogens (tertiary/aromatic N) is 1. The fourth-order valence-electron chi connectivity index (χ4n) is 2.03. The summed E-state index contributed by atoms with van der Waals surface area (Å²) < 4.78 is 0. The zero-order valence-electron chi connectivity index (χ0n) is 12.6. The van der Waals surface area contributed by atoms with Gasteiger partial charge in [0.15, 0.2) is 5.13 Å². The van der Waals surface area contributed by atoms with Crippen LogP contribution in [0, 0.1) is 12.8 Å². The first-order chi connectivity index (χ1) is 10.1. The van der Waals surface area contributed by atoms with Crippen LogP contribution in [-0.4, -0.2) is 10.9 Å². The van der Waals surface area contributed by atoms with Crippen molar-refractivity contribution < 1.29 is 4.79 Å². The Morgan fingerprint density at radius 3 is 2.52 bits per heavy atom. The second kappa shape index (κ2) is 7.22. The monoisotopic (exact) mass is 303 g/mol. The molecule has 0 aliphatic carbocycles. The van der Waals surface area contributed by atoms with Crippen molar-refractivity contribution in [1.82, 2.24) is 4.98 Å². The first kappa shape index (κ1) is 15.5. The second-order valence-corrected chi connectivity index (χ2v) is 6.05. The van der Waals surface area contributed by atoms with E-state index in [1.165, 1.54) is 16.9 Å². The van der Waals surface area contributed by atoms with Crippen LogP contribution in [0.15, 0.2) is 30.5 Å². The predicted molar refractivity (Wildman–Crippen MR) is 89.3 cm³/mol. The molecular formula is C16H21N3OS. The molecule has 112 valence electrons. The van der Waals surface area contributed by atoms with Crippen LogP contribution in [0.2, 0.25) is 0 Å². The van der Waals surface area contributed by atoms with Crippen LogP contribution in [0.4, 0.5) is 15.8 Å². The molecule has 1 aromatic carbocycles. The molecule has 5 heteroatoms. The number of aryl methyl sites for hydroxylation is 1. The van der Waals surface area contributed by atoms with Crippen LogP contribution in [0.5, 0.6) is 0 Å². The van der Waals surface area contributed by atoms with Gasteiger partial charge in [-0.25, -0.2) is 4.98 Å². The van der Waals surface area contributed by atoms with Crippen LogP contribution in [0.1, 0.15) is 32.3 Å². The number of rotatable bonds is 6. The van der Waals surface area contributed by atoms with Gasteiger partial charge in [-0.2, -0.15) is 0 Å². The molecule has 0 spiro atoms. The number of aromatic nitrogens is 1. The number of carbonyl (C=O) groups excluding carboxylic acids is 1. The molecule has 1 aromatic heterocycles. The summed E-state index contributed by atoms with van der Waals surface area (Å²) >= 11 is 1.44. The summed E-state index contributed by atoms with van der Waals surface area (Å²) in [5.41, 5.74) is 2.21. The largest absolute Gasteiger partial charge is 0.331 e. The highest BCUT2D eigenvalue weighted by atomic mass is 32.1. The highest BCUT2D eigenvalue weighted by Crippen LogP contribution is 2.27. The lowest BCUT2D eigenvalue weighted by Crippen LogP contribution is -2.20. The Balaban J connectivity index is 1.98. The molecule has 0 aliphatic rings. The molecule has 1 heterocycles. The van der Waals surface area contributed by atoms with E-state index in [-0.39, 0.29) is 11.8 Å². The van der Waals surface area contributed by atoms with E-state index in [4.69, 9.17) is 0 Å². The maximum atomic E-state index is 12.0. The number of nitrogens with one attached hydrogen (secondary N) is 2. The van der Waals surface area contributed by atoms with Crippen LogP contribution in [0.3, 0.4) is 0 Å². The number of hydrogen-bond donors (Lipinski definition) is 2. The van der Waals surface area contributed by atoms with E-state index in [9.17, 15) is 4.79 Å². The van der Waals surface area contributed by atoms with Gasteiger partial charge in [-0.15, -0.1) is 0 Å². The van der Waals surface area contributed by atoms with Crippen molar-refractivity contribution in [3.05, 3.63) is 36.0 Å². The van der Waals surface area contributed by atoms with Crippen molar-refractivity contribution in [2.45, 2.75) is 33.6 Å². The summed E-state index contributed by atoms with van der Waals surface area (Å²) in [5.74, 6) is 0.145. The molecule has 0 unspecified atom stereocenters. The molecule has 1 amide bonds. The number of amides is 1. The van der Waals surface area contributed by atoms with Crippen LogP contribution >= 0.6 is 11.3 Å². The zero-order chi connectivity index (χ0) is 15.2. The molecule has 2 aromatic rings. The van der Waals surface area contributed by atoms with Gasteiger partial charge in [-0.1, -0.05) is 42.9 Å². The molecular weight excluding hydrogens is 282 g/mol. The Kier molecular flexibility index (Phi) is 5.33. The topological polar surface area (TPSA) is 54.0 Å². The quantitative estimate of drug-likeness (QED) is 0.822. The van der Waals surface area contributed by atoms with Gasteiger partial charge >= 0.3 is 0 Å². The Morgan fingerprint density at radius 2 is 1.90 bits per heavy atom. The average molecular weight is 303 g/mol. The van der Waals surface area contributed by atoms with Gasteiger partial charge < -0.3 is 10.6 Å². The fourth-order valence-corrected chi connectivity index (χ4v) is 2.77. The molecule has 0 saturated carbocycles. The van der Waals surface area contributed by atoms with Gasteiger partial charge in [0.25, 0.3) is 0 Å². The second-order valence-electron chi connectivity index (χ2n) is 5.02. The molecule has 21 heavy (non-hydrogen) atoms. The first-order valence-electron chi connectivity index (χ1n) is 7.22. The smallest absolute Gasteiger partial charge is 0.228 e. The zero-order valence-corrected chi connectivity index (χ0v) is 13.5. The van der Waals surface area contributed by atoms with Crippen molar-refractivity contribution in [1.29, 1.82) is 0 Å². The number of hydrogen-bond acceptors (Lipinski definition) is 4. The Hall–Kier alpha value is -1.88. The molecule has 0 saturated heterocycles. The van der Waals surface area contributed by atoms with E-state index in [2.05, 4.69) is 22.5 Å². The Bertz CT molecular complexity index is 588. The van der Waals surface area contributed by atoms with Gasteiger partial charge in [-0.05, 0) is 31.9 Å². The average Bonchev–Trinajstić information content (AvgIpc) is 2.90. The molecule has 2 N–H and O–H groups in total. The number of benzene rings is 1. The van der Waals surface area contributed by atoms with E-state index in [1.807, 2.05) is 38.1 Å². The highest BCUT2D eigenvalue weighted by molar-refractivity contribution is 7.19. The lowest BCUT2D eigenvalue weighted by Gasteiger charge is -2.10. The minimum absolute atomic E-state index is 0.0700. The maximum absolute atomic E-state index is 12.0. The van der Waals surface area contributed by atoms with Gasteiger partial charge in [0.2, 0.25) is 5.91 Å². The maximum Gasteiger partial charge on any atom is 0.228 e. The molecule has 4 nitrogen and oxygen atoms in total.